The van der Waals surface area contributed by atoms with Gasteiger partial charge in [0, 0.05) is 23.5 Å². The molecule has 1 aliphatic rings. The molecule has 1 amide bonds. The number of alkyl carbamates (subject to hydrolysis) is 1. The standard InChI is InChI=1S/C22H40N2O3SSi/c1-21(2,3)27-20(25)24-17-11-9-16(10-12-17)13-19-23-14-18(28-19)15-26-29(7,8)22(4,5)6/h14,16-17H,9-13,15H2,1-8H3,(H,24,25). The third-order valence-corrected chi connectivity index (χ3v) is 11.5. The average molecular weight is 441 g/mol. The molecular formula is C22H40N2O3SSi. The Kier molecular flexibility index (Phi) is 7.96. The summed E-state index contributed by atoms with van der Waals surface area (Å²) in [6, 6.07) is 0.228. The number of carbonyl (C=O) groups is 1. The lowest BCUT2D eigenvalue weighted by Gasteiger charge is -2.35. The van der Waals surface area contributed by atoms with Crippen molar-refractivity contribution in [2.45, 2.75) is 110 Å². The van der Waals surface area contributed by atoms with E-state index in [4.69, 9.17) is 9.16 Å². The number of thiazole rings is 1. The van der Waals surface area contributed by atoms with E-state index < -0.39 is 13.9 Å². The Hall–Kier alpha value is -0.923. The fourth-order valence-electron chi connectivity index (χ4n) is 3.21. The number of ether oxygens (including phenoxy) is 1. The monoisotopic (exact) mass is 440 g/mol. The molecule has 1 saturated carbocycles. The highest BCUT2D eigenvalue weighted by Gasteiger charge is 2.37. The molecule has 0 saturated heterocycles. The van der Waals surface area contributed by atoms with Crippen LogP contribution in [0.1, 0.15) is 77.1 Å². The smallest absolute Gasteiger partial charge is 0.407 e. The number of hydrogen-bond acceptors (Lipinski definition) is 5. The van der Waals surface area contributed by atoms with Crippen molar-refractivity contribution in [1.82, 2.24) is 10.3 Å². The average Bonchev–Trinajstić information content (AvgIpc) is 2.99. The van der Waals surface area contributed by atoms with Crippen LogP contribution in [0, 0.1) is 5.92 Å². The molecule has 1 N–H and O–H groups in total. The molecule has 1 aliphatic carbocycles. The van der Waals surface area contributed by atoms with Crippen molar-refractivity contribution in [3.8, 4) is 0 Å². The van der Waals surface area contributed by atoms with E-state index in [1.165, 1.54) is 9.88 Å². The van der Waals surface area contributed by atoms with E-state index in [-0.39, 0.29) is 17.2 Å². The first-order valence-corrected chi connectivity index (χ1v) is 14.5. The molecule has 1 aromatic heterocycles. The zero-order valence-corrected chi connectivity index (χ0v) is 21.4. The van der Waals surface area contributed by atoms with E-state index in [1.54, 1.807) is 11.3 Å². The second kappa shape index (κ2) is 9.48. The third-order valence-electron chi connectivity index (χ3n) is 6.01. The largest absolute Gasteiger partial charge is 0.444 e. The van der Waals surface area contributed by atoms with Gasteiger partial charge in [0.05, 0.1) is 11.6 Å². The van der Waals surface area contributed by atoms with Crippen molar-refractivity contribution >= 4 is 25.7 Å². The SMILES string of the molecule is CC(C)(C)OC(=O)NC1CCC(Cc2ncc(CO[Si](C)(C)C(C)(C)C)s2)CC1. The molecule has 0 aliphatic heterocycles. The Bertz CT molecular complexity index is 668. The number of carbonyl (C=O) groups excluding carboxylic acids is 1. The Morgan fingerprint density at radius 3 is 2.34 bits per heavy atom. The zero-order valence-electron chi connectivity index (χ0n) is 19.6. The zero-order chi connectivity index (χ0) is 21.9. The summed E-state index contributed by atoms with van der Waals surface area (Å²) in [7, 11) is -1.72. The van der Waals surface area contributed by atoms with Crippen LogP contribution >= 0.6 is 11.3 Å². The summed E-state index contributed by atoms with van der Waals surface area (Å²) in [5.41, 5.74) is -0.446. The van der Waals surface area contributed by atoms with E-state index in [0.29, 0.717) is 12.5 Å². The lowest BCUT2D eigenvalue weighted by atomic mass is 9.84. The minimum absolute atomic E-state index is 0.228. The molecule has 0 spiro atoms. The van der Waals surface area contributed by atoms with Gasteiger partial charge in [-0.15, -0.1) is 11.3 Å². The number of nitrogens with zero attached hydrogens (tertiary/aromatic N) is 1. The summed E-state index contributed by atoms with van der Waals surface area (Å²) >= 11 is 1.79. The maximum absolute atomic E-state index is 11.9. The quantitative estimate of drug-likeness (QED) is 0.528. The number of amides is 1. The van der Waals surface area contributed by atoms with Gasteiger partial charge in [0.2, 0.25) is 0 Å². The fraction of sp³-hybridized carbons (Fsp3) is 0.818. The molecule has 1 fully saturated rings. The van der Waals surface area contributed by atoms with Crippen LogP contribution in [0.2, 0.25) is 18.1 Å². The van der Waals surface area contributed by atoms with E-state index in [9.17, 15) is 4.79 Å². The predicted molar refractivity (Wildman–Crippen MR) is 123 cm³/mol. The van der Waals surface area contributed by atoms with E-state index in [2.05, 4.69) is 44.2 Å². The minimum Gasteiger partial charge on any atom is -0.444 e. The van der Waals surface area contributed by atoms with Crippen LogP contribution < -0.4 is 5.32 Å². The summed E-state index contributed by atoms with van der Waals surface area (Å²) in [6.07, 6.45) is 6.98. The van der Waals surface area contributed by atoms with Crippen LogP contribution in [0.3, 0.4) is 0 Å². The first-order chi connectivity index (χ1) is 13.2. The summed E-state index contributed by atoms with van der Waals surface area (Å²) < 4.78 is 11.7. The van der Waals surface area contributed by atoms with Crippen molar-refractivity contribution in [1.29, 1.82) is 0 Å². The summed E-state index contributed by atoms with van der Waals surface area (Å²) in [5.74, 6) is 0.645. The second-order valence-electron chi connectivity index (χ2n) is 10.8. The molecule has 2 rings (SSSR count). The Balaban J connectivity index is 1.75. The minimum atomic E-state index is -1.72. The Labute approximate surface area is 182 Å². The molecule has 0 atom stereocenters. The fourth-order valence-corrected chi connectivity index (χ4v) is 5.21. The predicted octanol–water partition coefficient (Wildman–Crippen LogP) is 6.29. The Morgan fingerprint density at radius 1 is 1.17 bits per heavy atom. The molecule has 7 heteroatoms. The van der Waals surface area contributed by atoms with Crippen LogP contribution in [-0.2, 0) is 22.2 Å². The molecule has 0 bridgehead atoms. The molecule has 0 radical (unpaired) electrons. The number of hydrogen-bond donors (Lipinski definition) is 1. The van der Waals surface area contributed by atoms with Crippen molar-refractivity contribution < 1.29 is 14.0 Å². The van der Waals surface area contributed by atoms with Gasteiger partial charge in [0.15, 0.2) is 8.32 Å². The molecule has 1 aromatic rings. The van der Waals surface area contributed by atoms with Crippen molar-refractivity contribution in [2.24, 2.45) is 5.92 Å². The number of nitrogens with one attached hydrogen (secondary N) is 1. The first kappa shape index (κ1) is 24.3. The van der Waals surface area contributed by atoms with Gasteiger partial charge in [-0.1, -0.05) is 20.8 Å². The highest BCUT2D eigenvalue weighted by Crippen LogP contribution is 2.37. The van der Waals surface area contributed by atoms with Crippen molar-refractivity contribution in [3.63, 3.8) is 0 Å². The van der Waals surface area contributed by atoms with Crippen LogP contribution in [0.4, 0.5) is 4.79 Å². The summed E-state index contributed by atoms with van der Waals surface area (Å²) in [6.45, 7) is 17.7. The van der Waals surface area contributed by atoms with Gasteiger partial charge in [-0.2, -0.15) is 0 Å². The molecule has 1 heterocycles. The van der Waals surface area contributed by atoms with Gasteiger partial charge in [-0.05, 0) is 70.5 Å². The van der Waals surface area contributed by atoms with Crippen LogP contribution in [0.25, 0.3) is 0 Å². The Morgan fingerprint density at radius 2 is 1.79 bits per heavy atom. The third kappa shape index (κ3) is 8.02. The van der Waals surface area contributed by atoms with Gasteiger partial charge < -0.3 is 14.5 Å². The van der Waals surface area contributed by atoms with Crippen molar-refractivity contribution in [2.75, 3.05) is 0 Å². The van der Waals surface area contributed by atoms with Gasteiger partial charge in [-0.25, -0.2) is 9.78 Å². The normalized spacial score (nSPS) is 21.1. The first-order valence-electron chi connectivity index (χ1n) is 10.8. The lowest BCUT2D eigenvalue weighted by molar-refractivity contribution is 0.0487. The van der Waals surface area contributed by atoms with E-state index in [0.717, 1.165) is 32.1 Å². The van der Waals surface area contributed by atoms with Crippen LogP contribution in [0.15, 0.2) is 6.20 Å². The highest BCUT2D eigenvalue weighted by atomic mass is 32.1. The van der Waals surface area contributed by atoms with Crippen LogP contribution in [-0.4, -0.2) is 31.0 Å². The van der Waals surface area contributed by atoms with E-state index in [1.807, 2.05) is 27.0 Å². The van der Waals surface area contributed by atoms with Gasteiger partial charge in [0.25, 0.3) is 0 Å². The molecule has 0 unspecified atom stereocenters. The highest BCUT2D eigenvalue weighted by molar-refractivity contribution is 7.11. The maximum Gasteiger partial charge on any atom is 0.407 e. The summed E-state index contributed by atoms with van der Waals surface area (Å²) in [4.78, 5) is 17.8. The molecular weight excluding hydrogens is 400 g/mol. The van der Waals surface area contributed by atoms with Gasteiger partial charge in [0.1, 0.15) is 5.60 Å². The second-order valence-corrected chi connectivity index (χ2v) is 16.8. The molecule has 29 heavy (non-hydrogen) atoms. The lowest BCUT2D eigenvalue weighted by Crippen LogP contribution is -2.41. The number of rotatable bonds is 6. The van der Waals surface area contributed by atoms with Crippen LogP contribution in [0.5, 0.6) is 0 Å². The number of aromatic nitrogens is 1. The molecule has 166 valence electrons. The molecule has 0 aromatic carbocycles. The molecule has 5 nitrogen and oxygen atoms in total. The topological polar surface area (TPSA) is 60.5 Å². The van der Waals surface area contributed by atoms with Crippen molar-refractivity contribution in [3.05, 3.63) is 16.1 Å². The van der Waals surface area contributed by atoms with Gasteiger partial charge >= 0.3 is 6.09 Å². The van der Waals surface area contributed by atoms with Gasteiger partial charge in [-0.3, -0.25) is 0 Å². The maximum atomic E-state index is 11.9. The summed E-state index contributed by atoms with van der Waals surface area (Å²) in [5, 5.41) is 4.46. The van der Waals surface area contributed by atoms with E-state index >= 15 is 0 Å².